The normalized spacial score (nSPS) is 15.4. The number of carbonyl (C=O) groups excluding carboxylic acids is 1. The summed E-state index contributed by atoms with van der Waals surface area (Å²) < 4.78 is 11.0. The van der Waals surface area contributed by atoms with Crippen LogP contribution in [0.25, 0.3) is 0 Å². The van der Waals surface area contributed by atoms with Crippen molar-refractivity contribution < 1.29 is 14.1 Å². The molecule has 0 bridgehead atoms. The first-order chi connectivity index (χ1) is 10.5. The molecule has 3 rings (SSSR count). The van der Waals surface area contributed by atoms with Crippen LogP contribution in [0, 0.1) is 0 Å². The van der Waals surface area contributed by atoms with E-state index in [2.05, 4.69) is 10.1 Å². The fourth-order valence-electron chi connectivity index (χ4n) is 2.05. The molecule has 2 amide bonds. The van der Waals surface area contributed by atoms with Crippen molar-refractivity contribution in [2.75, 3.05) is 11.9 Å². The SMILES string of the molecule is CC(Oc1ccc(N(C)C(N)=O)cc1)c1nc(C2CC2)no1. The van der Waals surface area contributed by atoms with E-state index in [4.69, 9.17) is 15.0 Å². The van der Waals surface area contributed by atoms with Crippen molar-refractivity contribution in [2.45, 2.75) is 31.8 Å². The van der Waals surface area contributed by atoms with Crippen LogP contribution in [0.4, 0.5) is 10.5 Å². The molecule has 1 aliphatic rings. The van der Waals surface area contributed by atoms with Gasteiger partial charge in [0.05, 0.1) is 0 Å². The Morgan fingerprint density at radius 3 is 2.68 bits per heavy atom. The number of primary amides is 1. The molecule has 0 radical (unpaired) electrons. The molecule has 2 aromatic rings. The molecule has 22 heavy (non-hydrogen) atoms. The van der Waals surface area contributed by atoms with Crippen molar-refractivity contribution in [1.82, 2.24) is 10.1 Å². The second-order valence-corrected chi connectivity index (χ2v) is 5.42. The van der Waals surface area contributed by atoms with E-state index in [1.165, 1.54) is 4.90 Å². The Balaban J connectivity index is 1.65. The number of carbonyl (C=O) groups is 1. The van der Waals surface area contributed by atoms with E-state index in [9.17, 15) is 4.79 Å². The van der Waals surface area contributed by atoms with Crippen LogP contribution >= 0.6 is 0 Å². The van der Waals surface area contributed by atoms with Crippen molar-refractivity contribution in [1.29, 1.82) is 0 Å². The minimum Gasteiger partial charge on any atom is -0.481 e. The smallest absolute Gasteiger partial charge is 0.318 e. The van der Waals surface area contributed by atoms with Crippen LogP contribution in [0.5, 0.6) is 5.75 Å². The summed E-state index contributed by atoms with van der Waals surface area (Å²) in [6, 6.07) is 6.54. The molecule has 116 valence electrons. The molecule has 2 N–H and O–H groups in total. The zero-order valence-electron chi connectivity index (χ0n) is 12.5. The maximum atomic E-state index is 11.1. The van der Waals surface area contributed by atoms with Crippen molar-refractivity contribution in [3.63, 3.8) is 0 Å². The number of hydrogen-bond donors (Lipinski definition) is 1. The standard InChI is InChI=1S/C15H18N4O3/c1-9(14-17-13(18-22-14)10-3-4-10)21-12-7-5-11(6-8-12)19(2)15(16)20/h5-10H,3-4H2,1-2H3,(H2,16,20). The Labute approximate surface area is 128 Å². The summed E-state index contributed by atoms with van der Waals surface area (Å²) in [5.41, 5.74) is 5.92. The van der Waals surface area contributed by atoms with E-state index >= 15 is 0 Å². The van der Waals surface area contributed by atoms with Gasteiger partial charge in [-0.2, -0.15) is 4.98 Å². The fraction of sp³-hybridized carbons (Fsp3) is 0.400. The third-order valence-corrected chi connectivity index (χ3v) is 3.62. The Hall–Kier alpha value is -2.57. The zero-order chi connectivity index (χ0) is 15.7. The molecular weight excluding hydrogens is 284 g/mol. The second kappa shape index (κ2) is 5.67. The molecule has 1 unspecified atom stereocenters. The largest absolute Gasteiger partial charge is 0.481 e. The first kappa shape index (κ1) is 14.4. The summed E-state index contributed by atoms with van der Waals surface area (Å²) >= 11 is 0. The molecule has 1 aromatic heterocycles. The maximum absolute atomic E-state index is 11.1. The van der Waals surface area contributed by atoms with Gasteiger partial charge < -0.3 is 15.0 Å². The topological polar surface area (TPSA) is 94.5 Å². The molecule has 0 spiro atoms. The van der Waals surface area contributed by atoms with Crippen molar-refractivity contribution in [3.05, 3.63) is 36.0 Å². The average molecular weight is 302 g/mol. The number of benzene rings is 1. The quantitative estimate of drug-likeness (QED) is 0.916. The molecule has 1 fully saturated rings. The van der Waals surface area contributed by atoms with Gasteiger partial charge in [-0.15, -0.1) is 0 Å². The van der Waals surface area contributed by atoms with Gasteiger partial charge in [0, 0.05) is 18.7 Å². The number of hydrogen-bond acceptors (Lipinski definition) is 5. The first-order valence-corrected chi connectivity index (χ1v) is 7.18. The van der Waals surface area contributed by atoms with Gasteiger partial charge in [-0.1, -0.05) is 5.16 Å². The van der Waals surface area contributed by atoms with Crippen LogP contribution in [0.3, 0.4) is 0 Å². The van der Waals surface area contributed by atoms with Gasteiger partial charge in [0.25, 0.3) is 5.89 Å². The van der Waals surface area contributed by atoms with Crippen LogP contribution in [0.15, 0.2) is 28.8 Å². The summed E-state index contributed by atoms with van der Waals surface area (Å²) in [5.74, 6) is 2.35. The molecule has 7 nitrogen and oxygen atoms in total. The zero-order valence-corrected chi connectivity index (χ0v) is 12.5. The van der Waals surface area contributed by atoms with Crippen LogP contribution in [-0.4, -0.2) is 23.2 Å². The summed E-state index contributed by atoms with van der Waals surface area (Å²) in [7, 11) is 1.61. The molecule has 1 saturated carbocycles. The molecular formula is C15H18N4O3. The van der Waals surface area contributed by atoms with E-state index < -0.39 is 6.03 Å². The highest BCUT2D eigenvalue weighted by Crippen LogP contribution is 2.38. The third kappa shape index (κ3) is 3.03. The van der Waals surface area contributed by atoms with E-state index in [0.717, 1.165) is 18.7 Å². The summed E-state index contributed by atoms with van der Waals surface area (Å²) in [6.45, 7) is 1.85. The summed E-state index contributed by atoms with van der Waals surface area (Å²) in [4.78, 5) is 16.8. The average Bonchev–Trinajstić information content (AvgIpc) is 3.24. The number of aromatic nitrogens is 2. The molecule has 0 saturated heterocycles. The minimum atomic E-state index is -0.513. The fourth-order valence-corrected chi connectivity index (χ4v) is 2.05. The first-order valence-electron chi connectivity index (χ1n) is 7.18. The number of nitrogens with two attached hydrogens (primary N) is 1. The number of rotatable bonds is 5. The predicted molar refractivity (Wildman–Crippen MR) is 79.7 cm³/mol. The molecule has 7 heteroatoms. The summed E-state index contributed by atoms with van der Waals surface area (Å²) in [5, 5.41) is 3.97. The van der Waals surface area contributed by atoms with E-state index in [1.54, 1.807) is 31.3 Å². The molecule has 1 aliphatic carbocycles. The van der Waals surface area contributed by atoms with Crippen molar-refractivity contribution >= 4 is 11.7 Å². The maximum Gasteiger partial charge on any atom is 0.318 e. The molecule has 1 heterocycles. The number of amides is 2. The van der Waals surface area contributed by atoms with E-state index in [0.29, 0.717) is 23.2 Å². The van der Waals surface area contributed by atoms with Gasteiger partial charge in [0.2, 0.25) is 0 Å². The highest BCUT2D eigenvalue weighted by molar-refractivity contribution is 5.90. The lowest BCUT2D eigenvalue weighted by Crippen LogP contribution is -2.31. The van der Waals surface area contributed by atoms with Gasteiger partial charge in [0.1, 0.15) is 5.75 Å². The van der Waals surface area contributed by atoms with Crippen LogP contribution < -0.4 is 15.4 Å². The number of urea groups is 1. The predicted octanol–water partition coefficient (Wildman–Crippen LogP) is 2.60. The van der Waals surface area contributed by atoms with Crippen LogP contribution in [-0.2, 0) is 0 Å². The lowest BCUT2D eigenvalue weighted by atomic mass is 10.3. The highest BCUT2D eigenvalue weighted by atomic mass is 16.5. The van der Waals surface area contributed by atoms with Gasteiger partial charge in [-0.3, -0.25) is 4.90 Å². The van der Waals surface area contributed by atoms with E-state index in [1.807, 2.05) is 6.92 Å². The van der Waals surface area contributed by atoms with Gasteiger partial charge in [-0.25, -0.2) is 4.79 Å². The number of anilines is 1. The molecule has 0 aliphatic heterocycles. The second-order valence-electron chi connectivity index (χ2n) is 5.42. The van der Waals surface area contributed by atoms with Gasteiger partial charge in [0.15, 0.2) is 11.9 Å². The Bertz CT molecular complexity index is 664. The molecule has 1 atom stereocenters. The Morgan fingerprint density at radius 1 is 1.41 bits per heavy atom. The minimum absolute atomic E-state index is 0.334. The van der Waals surface area contributed by atoms with Gasteiger partial charge >= 0.3 is 6.03 Å². The summed E-state index contributed by atoms with van der Waals surface area (Å²) in [6.07, 6.45) is 1.92. The third-order valence-electron chi connectivity index (χ3n) is 3.62. The van der Waals surface area contributed by atoms with Crippen LogP contribution in [0.2, 0.25) is 0 Å². The van der Waals surface area contributed by atoms with E-state index in [-0.39, 0.29) is 6.10 Å². The van der Waals surface area contributed by atoms with Crippen molar-refractivity contribution in [3.8, 4) is 5.75 Å². The van der Waals surface area contributed by atoms with Crippen molar-refractivity contribution in [2.24, 2.45) is 5.73 Å². The van der Waals surface area contributed by atoms with Crippen LogP contribution in [0.1, 0.15) is 43.5 Å². The lowest BCUT2D eigenvalue weighted by Gasteiger charge is -2.15. The monoisotopic (exact) mass is 302 g/mol. The Morgan fingerprint density at radius 2 is 2.09 bits per heavy atom. The Kier molecular flexibility index (Phi) is 3.70. The molecule has 1 aromatic carbocycles. The van der Waals surface area contributed by atoms with Gasteiger partial charge in [-0.05, 0) is 44.0 Å². The lowest BCUT2D eigenvalue weighted by molar-refractivity contribution is 0.175. The highest BCUT2D eigenvalue weighted by Gasteiger charge is 2.29. The number of ether oxygens (including phenoxy) is 1. The number of nitrogens with zero attached hydrogens (tertiary/aromatic N) is 3.